The van der Waals surface area contributed by atoms with Gasteiger partial charge in [-0.3, -0.25) is 4.79 Å². The van der Waals surface area contributed by atoms with E-state index in [1.807, 2.05) is 11.8 Å². The molecule has 0 N–H and O–H groups in total. The number of amides is 1. The van der Waals surface area contributed by atoms with Crippen LogP contribution >= 0.6 is 11.8 Å². The van der Waals surface area contributed by atoms with Crippen LogP contribution in [0.2, 0.25) is 0 Å². The fourth-order valence-electron chi connectivity index (χ4n) is 2.87. The zero-order chi connectivity index (χ0) is 14.7. The monoisotopic (exact) mass is 295 g/mol. The average Bonchev–Trinajstić information content (AvgIpc) is 2.39. The van der Waals surface area contributed by atoms with E-state index in [-0.39, 0.29) is 17.0 Å². The van der Waals surface area contributed by atoms with Gasteiger partial charge in [-0.1, -0.05) is 13.8 Å². The van der Waals surface area contributed by atoms with E-state index in [9.17, 15) is 9.18 Å². The second kappa shape index (κ2) is 6.61. The first-order chi connectivity index (χ1) is 9.45. The number of likely N-dealkylation sites (tertiary alicyclic amines) is 1. The highest BCUT2D eigenvalue weighted by Crippen LogP contribution is 2.27. The van der Waals surface area contributed by atoms with E-state index in [1.165, 1.54) is 30.3 Å². The van der Waals surface area contributed by atoms with Crippen molar-refractivity contribution in [1.82, 2.24) is 4.90 Å². The Bertz CT molecular complexity index is 452. The maximum absolute atomic E-state index is 12.9. The molecule has 0 saturated carbocycles. The number of nitrogens with zero attached hydrogens (tertiary/aromatic N) is 1. The molecule has 4 heteroatoms. The molecule has 0 aliphatic carbocycles. The van der Waals surface area contributed by atoms with Crippen LogP contribution in [0.5, 0.6) is 0 Å². The molecule has 1 heterocycles. The molecule has 1 fully saturated rings. The first-order valence-corrected chi connectivity index (χ1v) is 8.04. The number of piperidine rings is 1. The van der Waals surface area contributed by atoms with Gasteiger partial charge in [0.1, 0.15) is 5.82 Å². The number of halogens is 1. The van der Waals surface area contributed by atoms with E-state index in [0.717, 1.165) is 18.0 Å². The number of benzene rings is 1. The Morgan fingerprint density at radius 2 is 1.80 bits per heavy atom. The van der Waals surface area contributed by atoms with Gasteiger partial charge in [0.15, 0.2) is 0 Å². The van der Waals surface area contributed by atoms with Crippen LogP contribution < -0.4 is 0 Å². The summed E-state index contributed by atoms with van der Waals surface area (Å²) in [4.78, 5) is 15.4. The molecule has 3 atom stereocenters. The molecule has 20 heavy (non-hydrogen) atoms. The van der Waals surface area contributed by atoms with Crippen molar-refractivity contribution in [3.8, 4) is 0 Å². The fourth-order valence-corrected chi connectivity index (χ4v) is 3.82. The topological polar surface area (TPSA) is 20.3 Å². The predicted octanol–water partition coefficient (Wildman–Crippen LogP) is 3.81. The summed E-state index contributed by atoms with van der Waals surface area (Å²) in [5.74, 6) is 1.10. The first-order valence-electron chi connectivity index (χ1n) is 7.16. The minimum atomic E-state index is -0.244. The molecule has 1 saturated heterocycles. The highest BCUT2D eigenvalue weighted by molar-refractivity contribution is 8.00. The van der Waals surface area contributed by atoms with E-state index < -0.39 is 0 Å². The predicted molar refractivity (Wildman–Crippen MR) is 81.2 cm³/mol. The molecule has 1 aromatic carbocycles. The second-order valence-electron chi connectivity index (χ2n) is 5.90. The third-order valence-electron chi connectivity index (χ3n) is 3.65. The van der Waals surface area contributed by atoms with Crippen molar-refractivity contribution in [2.75, 3.05) is 13.1 Å². The van der Waals surface area contributed by atoms with E-state index in [0.29, 0.717) is 11.8 Å². The Hall–Kier alpha value is -1.03. The Morgan fingerprint density at radius 1 is 1.25 bits per heavy atom. The lowest BCUT2D eigenvalue weighted by Gasteiger charge is -2.36. The largest absolute Gasteiger partial charge is 0.341 e. The van der Waals surface area contributed by atoms with Crippen molar-refractivity contribution in [1.29, 1.82) is 0 Å². The van der Waals surface area contributed by atoms with E-state index >= 15 is 0 Å². The summed E-state index contributed by atoms with van der Waals surface area (Å²) >= 11 is 1.50. The summed E-state index contributed by atoms with van der Waals surface area (Å²) < 4.78 is 12.9. The van der Waals surface area contributed by atoms with Crippen LogP contribution in [0.1, 0.15) is 27.2 Å². The molecule has 1 aromatic rings. The van der Waals surface area contributed by atoms with Gasteiger partial charge in [-0.2, -0.15) is 0 Å². The van der Waals surface area contributed by atoms with Gasteiger partial charge in [0.25, 0.3) is 0 Å². The summed E-state index contributed by atoms with van der Waals surface area (Å²) in [5.41, 5.74) is 0. The number of carbonyl (C=O) groups excluding carboxylic acids is 1. The summed E-state index contributed by atoms with van der Waals surface area (Å²) in [6.07, 6.45) is 1.20. The lowest BCUT2D eigenvalue weighted by molar-refractivity contribution is -0.132. The smallest absolute Gasteiger partial charge is 0.235 e. The molecule has 2 nitrogen and oxygen atoms in total. The first kappa shape index (κ1) is 15.4. The standard InChI is InChI=1S/C16H22FNOS/c1-11-8-12(2)10-18(9-11)16(19)13(3)20-15-6-4-14(17)5-7-15/h4-7,11-13H,8-10H2,1-3H3. The average molecular weight is 295 g/mol. The highest BCUT2D eigenvalue weighted by Gasteiger charge is 2.28. The van der Waals surface area contributed by atoms with Crippen molar-refractivity contribution < 1.29 is 9.18 Å². The molecule has 2 rings (SSSR count). The van der Waals surface area contributed by atoms with Gasteiger partial charge in [-0.15, -0.1) is 11.8 Å². The Labute approximate surface area is 124 Å². The third-order valence-corrected chi connectivity index (χ3v) is 4.75. The van der Waals surface area contributed by atoms with Crippen LogP contribution in [0.25, 0.3) is 0 Å². The van der Waals surface area contributed by atoms with E-state index in [2.05, 4.69) is 13.8 Å². The van der Waals surface area contributed by atoms with Gasteiger partial charge in [0.05, 0.1) is 5.25 Å². The minimum Gasteiger partial charge on any atom is -0.341 e. The SMILES string of the molecule is CC1CC(C)CN(C(=O)C(C)Sc2ccc(F)cc2)C1. The van der Waals surface area contributed by atoms with Crippen LogP contribution in [-0.4, -0.2) is 29.1 Å². The molecule has 0 aromatic heterocycles. The normalized spacial score (nSPS) is 24.5. The number of thioether (sulfide) groups is 1. The number of carbonyl (C=O) groups is 1. The number of hydrogen-bond acceptors (Lipinski definition) is 2. The Morgan fingerprint density at radius 3 is 2.35 bits per heavy atom. The van der Waals surface area contributed by atoms with Gasteiger partial charge in [-0.05, 0) is 49.4 Å². The van der Waals surface area contributed by atoms with Crippen molar-refractivity contribution in [3.05, 3.63) is 30.1 Å². The second-order valence-corrected chi connectivity index (χ2v) is 7.32. The van der Waals surface area contributed by atoms with Gasteiger partial charge in [0.2, 0.25) is 5.91 Å². The molecular formula is C16H22FNOS. The van der Waals surface area contributed by atoms with Crippen LogP contribution in [0.4, 0.5) is 4.39 Å². The van der Waals surface area contributed by atoms with Crippen molar-refractivity contribution in [3.63, 3.8) is 0 Å². The summed E-state index contributed by atoms with van der Waals surface area (Å²) in [5, 5.41) is -0.127. The maximum Gasteiger partial charge on any atom is 0.235 e. The highest BCUT2D eigenvalue weighted by atomic mass is 32.2. The fraction of sp³-hybridized carbons (Fsp3) is 0.562. The van der Waals surface area contributed by atoms with Crippen LogP contribution in [-0.2, 0) is 4.79 Å². The van der Waals surface area contributed by atoms with Gasteiger partial charge >= 0.3 is 0 Å². The molecule has 110 valence electrons. The van der Waals surface area contributed by atoms with E-state index in [4.69, 9.17) is 0 Å². The van der Waals surface area contributed by atoms with Crippen LogP contribution in [0, 0.1) is 17.7 Å². The maximum atomic E-state index is 12.9. The number of hydrogen-bond donors (Lipinski definition) is 0. The zero-order valence-corrected chi connectivity index (χ0v) is 13.1. The quantitative estimate of drug-likeness (QED) is 0.790. The third kappa shape index (κ3) is 3.98. The van der Waals surface area contributed by atoms with Crippen molar-refractivity contribution >= 4 is 17.7 Å². The summed E-state index contributed by atoms with van der Waals surface area (Å²) in [7, 11) is 0. The minimum absolute atomic E-state index is 0.127. The Kier molecular flexibility index (Phi) is 5.08. The van der Waals surface area contributed by atoms with E-state index in [1.54, 1.807) is 12.1 Å². The molecule has 1 aliphatic rings. The van der Waals surface area contributed by atoms with Crippen LogP contribution in [0.3, 0.4) is 0 Å². The molecule has 1 aliphatic heterocycles. The van der Waals surface area contributed by atoms with Gasteiger partial charge < -0.3 is 4.90 Å². The van der Waals surface area contributed by atoms with Crippen molar-refractivity contribution in [2.24, 2.45) is 11.8 Å². The Balaban J connectivity index is 1.96. The summed E-state index contributed by atoms with van der Waals surface area (Å²) in [6, 6.07) is 6.33. The molecule has 0 spiro atoms. The summed E-state index contributed by atoms with van der Waals surface area (Å²) in [6.45, 7) is 8.05. The molecular weight excluding hydrogens is 273 g/mol. The number of rotatable bonds is 3. The molecule has 0 bridgehead atoms. The van der Waals surface area contributed by atoms with Crippen molar-refractivity contribution in [2.45, 2.75) is 37.3 Å². The lowest BCUT2D eigenvalue weighted by atomic mass is 9.92. The van der Waals surface area contributed by atoms with Gasteiger partial charge in [-0.25, -0.2) is 4.39 Å². The molecule has 1 amide bonds. The van der Waals surface area contributed by atoms with Gasteiger partial charge in [0, 0.05) is 18.0 Å². The zero-order valence-electron chi connectivity index (χ0n) is 12.3. The van der Waals surface area contributed by atoms with Crippen LogP contribution in [0.15, 0.2) is 29.2 Å². The molecule has 0 radical (unpaired) electrons. The lowest BCUT2D eigenvalue weighted by Crippen LogP contribution is -2.45. The molecule has 3 unspecified atom stereocenters.